The minimum atomic E-state index is -0.585. The van der Waals surface area contributed by atoms with E-state index in [9.17, 15) is 0 Å². The van der Waals surface area contributed by atoms with E-state index >= 15 is 0 Å². The van der Waals surface area contributed by atoms with Gasteiger partial charge in [-0.3, -0.25) is 4.98 Å². The summed E-state index contributed by atoms with van der Waals surface area (Å²) in [6, 6.07) is 2.10. The standard InChI is InChI=1S/C11H15NO2/c1-3-9-6-10(8-12-7-9)11(2)13-4-5-14-11/h6-8H,3-5H2,1-2H3. The number of pyridine rings is 1. The zero-order chi connectivity index (χ0) is 10.0. The molecule has 1 aromatic rings. The van der Waals surface area contributed by atoms with Crippen LogP contribution in [0.15, 0.2) is 18.5 Å². The van der Waals surface area contributed by atoms with E-state index in [4.69, 9.17) is 9.47 Å². The summed E-state index contributed by atoms with van der Waals surface area (Å²) in [5.41, 5.74) is 2.22. The monoisotopic (exact) mass is 193 g/mol. The van der Waals surface area contributed by atoms with Crippen LogP contribution in [0.5, 0.6) is 0 Å². The molecule has 3 heteroatoms. The van der Waals surface area contributed by atoms with Crippen LogP contribution in [0.2, 0.25) is 0 Å². The lowest BCUT2D eigenvalue weighted by Crippen LogP contribution is -2.22. The third kappa shape index (κ3) is 1.65. The molecule has 0 spiro atoms. The van der Waals surface area contributed by atoms with Gasteiger partial charge in [0, 0.05) is 18.0 Å². The number of hydrogen-bond acceptors (Lipinski definition) is 3. The van der Waals surface area contributed by atoms with Crippen LogP contribution in [0.25, 0.3) is 0 Å². The SMILES string of the molecule is CCc1cncc(C2(C)OCCO2)c1. The molecular weight excluding hydrogens is 178 g/mol. The van der Waals surface area contributed by atoms with Crippen molar-refractivity contribution in [3.05, 3.63) is 29.6 Å². The lowest BCUT2D eigenvalue weighted by Gasteiger charge is -2.22. The molecule has 0 unspecified atom stereocenters. The third-order valence-electron chi connectivity index (χ3n) is 2.57. The quantitative estimate of drug-likeness (QED) is 0.718. The van der Waals surface area contributed by atoms with Crippen LogP contribution in [-0.4, -0.2) is 18.2 Å². The molecule has 1 fully saturated rings. The first-order chi connectivity index (χ1) is 6.74. The molecule has 0 N–H and O–H groups in total. The molecule has 1 aliphatic heterocycles. The average Bonchev–Trinajstić information content (AvgIpc) is 2.67. The van der Waals surface area contributed by atoms with E-state index in [1.54, 1.807) is 0 Å². The Labute approximate surface area is 84.1 Å². The number of nitrogens with zero attached hydrogens (tertiary/aromatic N) is 1. The highest BCUT2D eigenvalue weighted by atomic mass is 16.7. The molecule has 0 amide bonds. The van der Waals surface area contributed by atoms with Crippen molar-refractivity contribution in [2.75, 3.05) is 13.2 Å². The van der Waals surface area contributed by atoms with Crippen molar-refractivity contribution >= 4 is 0 Å². The molecule has 1 saturated heterocycles. The first-order valence-electron chi connectivity index (χ1n) is 4.97. The van der Waals surface area contributed by atoms with Crippen molar-refractivity contribution in [2.45, 2.75) is 26.1 Å². The number of hydrogen-bond donors (Lipinski definition) is 0. The molecule has 0 aliphatic carbocycles. The van der Waals surface area contributed by atoms with Gasteiger partial charge in [0.05, 0.1) is 13.2 Å². The van der Waals surface area contributed by atoms with Gasteiger partial charge in [-0.25, -0.2) is 0 Å². The van der Waals surface area contributed by atoms with Gasteiger partial charge in [-0.2, -0.15) is 0 Å². The van der Waals surface area contributed by atoms with Crippen LogP contribution in [0.4, 0.5) is 0 Å². The Balaban J connectivity index is 2.30. The first kappa shape index (κ1) is 9.62. The maximum atomic E-state index is 5.56. The molecule has 1 aliphatic rings. The Bertz CT molecular complexity index is 319. The van der Waals surface area contributed by atoms with E-state index in [-0.39, 0.29) is 0 Å². The average molecular weight is 193 g/mol. The van der Waals surface area contributed by atoms with E-state index in [2.05, 4.69) is 18.0 Å². The molecular formula is C11H15NO2. The van der Waals surface area contributed by atoms with Crippen molar-refractivity contribution in [1.29, 1.82) is 0 Å². The Morgan fingerprint density at radius 2 is 2.07 bits per heavy atom. The van der Waals surface area contributed by atoms with Crippen molar-refractivity contribution < 1.29 is 9.47 Å². The Kier molecular flexibility index (Phi) is 2.52. The fourth-order valence-electron chi connectivity index (χ4n) is 1.61. The molecule has 0 bridgehead atoms. The topological polar surface area (TPSA) is 31.4 Å². The van der Waals surface area contributed by atoms with Crippen LogP contribution in [-0.2, 0) is 21.7 Å². The second-order valence-electron chi connectivity index (χ2n) is 3.58. The van der Waals surface area contributed by atoms with E-state index in [0.29, 0.717) is 13.2 Å². The molecule has 3 nitrogen and oxygen atoms in total. The Morgan fingerprint density at radius 1 is 1.36 bits per heavy atom. The molecule has 0 radical (unpaired) electrons. The van der Waals surface area contributed by atoms with Crippen molar-refractivity contribution in [2.24, 2.45) is 0 Å². The maximum absolute atomic E-state index is 5.56. The first-order valence-corrected chi connectivity index (χ1v) is 4.97. The van der Waals surface area contributed by atoms with Gasteiger partial charge in [0.15, 0.2) is 5.79 Å². The number of aryl methyl sites for hydroxylation is 1. The molecule has 0 atom stereocenters. The maximum Gasteiger partial charge on any atom is 0.193 e. The summed E-state index contributed by atoms with van der Waals surface area (Å²) in [5, 5.41) is 0. The van der Waals surface area contributed by atoms with Gasteiger partial charge in [0.2, 0.25) is 0 Å². The smallest absolute Gasteiger partial charge is 0.193 e. The highest BCUT2D eigenvalue weighted by Crippen LogP contribution is 2.30. The van der Waals surface area contributed by atoms with E-state index in [1.165, 1.54) is 5.56 Å². The fourth-order valence-corrected chi connectivity index (χ4v) is 1.61. The molecule has 2 rings (SSSR count). The molecule has 2 heterocycles. The summed E-state index contributed by atoms with van der Waals surface area (Å²) in [6.07, 6.45) is 4.67. The molecule has 0 aromatic carbocycles. The van der Waals surface area contributed by atoms with E-state index in [1.807, 2.05) is 19.3 Å². The number of ether oxygens (including phenoxy) is 2. The van der Waals surface area contributed by atoms with Crippen molar-refractivity contribution in [1.82, 2.24) is 4.98 Å². The highest BCUT2D eigenvalue weighted by molar-refractivity contribution is 5.22. The van der Waals surface area contributed by atoms with Crippen molar-refractivity contribution in [3.63, 3.8) is 0 Å². The van der Waals surface area contributed by atoms with Gasteiger partial charge in [-0.05, 0) is 25.0 Å². The molecule has 1 aromatic heterocycles. The zero-order valence-corrected chi connectivity index (χ0v) is 8.62. The van der Waals surface area contributed by atoms with Crippen LogP contribution in [0.3, 0.4) is 0 Å². The lowest BCUT2D eigenvalue weighted by molar-refractivity contribution is -0.150. The van der Waals surface area contributed by atoms with Crippen LogP contribution >= 0.6 is 0 Å². The van der Waals surface area contributed by atoms with Gasteiger partial charge in [-0.15, -0.1) is 0 Å². The fraction of sp³-hybridized carbons (Fsp3) is 0.545. The largest absolute Gasteiger partial charge is 0.344 e. The minimum Gasteiger partial charge on any atom is -0.344 e. The summed E-state index contributed by atoms with van der Waals surface area (Å²) in [6.45, 7) is 5.37. The van der Waals surface area contributed by atoms with Gasteiger partial charge >= 0.3 is 0 Å². The van der Waals surface area contributed by atoms with Crippen LogP contribution in [0.1, 0.15) is 25.0 Å². The van der Waals surface area contributed by atoms with Gasteiger partial charge in [0.1, 0.15) is 0 Å². The zero-order valence-electron chi connectivity index (χ0n) is 8.62. The van der Waals surface area contributed by atoms with Gasteiger partial charge in [-0.1, -0.05) is 6.92 Å². The number of rotatable bonds is 2. The predicted octanol–water partition coefficient (Wildman–Crippen LogP) is 1.86. The predicted molar refractivity (Wildman–Crippen MR) is 52.9 cm³/mol. The molecule has 76 valence electrons. The van der Waals surface area contributed by atoms with Gasteiger partial charge in [0.25, 0.3) is 0 Å². The summed E-state index contributed by atoms with van der Waals surface area (Å²) in [4.78, 5) is 4.19. The van der Waals surface area contributed by atoms with Crippen LogP contribution in [0, 0.1) is 0 Å². The summed E-state index contributed by atoms with van der Waals surface area (Å²) in [7, 11) is 0. The van der Waals surface area contributed by atoms with Crippen molar-refractivity contribution in [3.8, 4) is 0 Å². The third-order valence-corrected chi connectivity index (χ3v) is 2.57. The van der Waals surface area contributed by atoms with E-state index in [0.717, 1.165) is 12.0 Å². The van der Waals surface area contributed by atoms with Gasteiger partial charge < -0.3 is 9.47 Å². The molecule has 14 heavy (non-hydrogen) atoms. The second-order valence-corrected chi connectivity index (χ2v) is 3.58. The summed E-state index contributed by atoms with van der Waals surface area (Å²) in [5.74, 6) is -0.585. The lowest BCUT2D eigenvalue weighted by atomic mass is 10.1. The Morgan fingerprint density at radius 3 is 2.71 bits per heavy atom. The normalized spacial score (nSPS) is 19.9. The van der Waals surface area contributed by atoms with E-state index < -0.39 is 5.79 Å². The number of aromatic nitrogens is 1. The molecule has 0 saturated carbocycles. The highest BCUT2D eigenvalue weighted by Gasteiger charge is 2.33. The Hall–Kier alpha value is -0.930. The second kappa shape index (κ2) is 3.67. The van der Waals surface area contributed by atoms with Crippen LogP contribution < -0.4 is 0 Å². The summed E-state index contributed by atoms with van der Waals surface area (Å²) < 4.78 is 11.1. The summed E-state index contributed by atoms with van der Waals surface area (Å²) >= 11 is 0. The minimum absolute atomic E-state index is 0.585.